The molecule has 0 spiro atoms. The maximum Gasteiger partial charge on any atom is 0.270 e. The zero-order valence-electron chi connectivity index (χ0n) is 17.9. The maximum atomic E-state index is 13.8. The molecule has 2 amide bonds. The van der Waals surface area contributed by atoms with Crippen molar-refractivity contribution in [2.24, 2.45) is 5.92 Å². The minimum atomic E-state index is -3.86. The number of benzene rings is 1. The second-order valence-electron chi connectivity index (χ2n) is 8.40. The molecule has 172 valence electrons. The molecule has 1 aromatic carbocycles. The Bertz CT molecular complexity index is 1120. The van der Waals surface area contributed by atoms with Crippen molar-refractivity contribution in [3.8, 4) is 0 Å². The third-order valence-electron chi connectivity index (χ3n) is 6.11. The monoisotopic (exact) mass is 462 g/mol. The standard InChI is InChI=1S/C22H27FN4O4S/c1-15-6-7-17(11-19(15)23)25-21(28)16-5-4-10-27(14-16)32(30,31)18-12-20(24-13-18)22(29)26-8-2-3-9-26/h6-7,11-13,16,24H,2-5,8-10,14H2,1H3,(H,25,28)/t16-/m0/s1. The van der Waals surface area contributed by atoms with Gasteiger partial charge in [-0.1, -0.05) is 6.07 Å². The normalized spacial score (nSPS) is 19.8. The van der Waals surface area contributed by atoms with Gasteiger partial charge in [0, 0.05) is 38.1 Å². The SMILES string of the molecule is Cc1ccc(NC(=O)[C@H]2CCCN(S(=O)(=O)c3c[nH]c(C(=O)N4CCCC4)c3)C2)cc1F. The lowest BCUT2D eigenvalue weighted by atomic mass is 9.98. The molecule has 3 heterocycles. The number of nitrogens with one attached hydrogen (secondary N) is 2. The van der Waals surface area contributed by atoms with Gasteiger partial charge < -0.3 is 15.2 Å². The fraction of sp³-hybridized carbons (Fsp3) is 0.455. The molecule has 0 bridgehead atoms. The number of aryl methyl sites for hydroxylation is 1. The van der Waals surface area contributed by atoms with E-state index in [-0.39, 0.29) is 28.9 Å². The van der Waals surface area contributed by atoms with Crippen LogP contribution in [0.3, 0.4) is 0 Å². The Morgan fingerprint density at radius 1 is 1.12 bits per heavy atom. The number of H-pyrrole nitrogens is 1. The minimum Gasteiger partial charge on any atom is -0.356 e. The molecule has 2 aliphatic heterocycles. The quantitative estimate of drug-likeness (QED) is 0.713. The summed E-state index contributed by atoms with van der Waals surface area (Å²) in [6.45, 7) is 3.31. The Hall–Kier alpha value is -2.72. The second kappa shape index (κ2) is 9.03. The van der Waals surface area contributed by atoms with Gasteiger partial charge in [-0.2, -0.15) is 4.31 Å². The number of rotatable bonds is 5. The molecule has 0 aliphatic carbocycles. The summed E-state index contributed by atoms with van der Waals surface area (Å²) in [4.78, 5) is 29.7. The number of carbonyl (C=O) groups is 2. The number of carbonyl (C=O) groups excluding carboxylic acids is 2. The summed E-state index contributed by atoms with van der Waals surface area (Å²) in [6.07, 6.45) is 4.30. The molecule has 2 N–H and O–H groups in total. The van der Waals surface area contributed by atoms with E-state index >= 15 is 0 Å². The molecule has 0 unspecified atom stereocenters. The van der Waals surface area contributed by atoms with Gasteiger partial charge in [0.2, 0.25) is 15.9 Å². The van der Waals surface area contributed by atoms with Gasteiger partial charge in [-0.15, -0.1) is 0 Å². The van der Waals surface area contributed by atoms with Gasteiger partial charge in [0.05, 0.1) is 5.92 Å². The van der Waals surface area contributed by atoms with Crippen molar-refractivity contribution in [1.29, 1.82) is 0 Å². The number of halogens is 1. The Morgan fingerprint density at radius 2 is 1.88 bits per heavy atom. The van der Waals surface area contributed by atoms with Crippen LogP contribution >= 0.6 is 0 Å². The summed E-state index contributed by atoms with van der Waals surface area (Å²) in [5, 5.41) is 2.68. The number of likely N-dealkylation sites (tertiary alicyclic amines) is 1. The molecular formula is C22H27FN4O4S. The molecule has 1 aromatic heterocycles. The number of anilines is 1. The smallest absolute Gasteiger partial charge is 0.270 e. The molecule has 1 atom stereocenters. The lowest BCUT2D eigenvalue weighted by molar-refractivity contribution is -0.120. The fourth-order valence-electron chi connectivity index (χ4n) is 4.18. The van der Waals surface area contributed by atoms with E-state index in [0.29, 0.717) is 43.7 Å². The number of aromatic nitrogens is 1. The number of hydrogen-bond acceptors (Lipinski definition) is 4. The molecule has 2 saturated heterocycles. The maximum absolute atomic E-state index is 13.8. The molecule has 0 saturated carbocycles. The van der Waals surface area contributed by atoms with E-state index < -0.39 is 21.8 Å². The van der Waals surface area contributed by atoms with Gasteiger partial charge in [0.1, 0.15) is 16.4 Å². The fourth-order valence-corrected chi connectivity index (χ4v) is 5.69. The van der Waals surface area contributed by atoms with E-state index in [1.807, 2.05) is 0 Å². The van der Waals surface area contributed by atoms with Gasteiger partial charge >= 0.3 is 0 Å². The molecular weight excluding hydrogens is 435 g/mol. The summed E-state index contributed by atoms with van der Waals surface area (Å²) < 4.78 is 41.4. The summed E-state index contributed by atoms with van der Waals surface area (Å²) in [5.74, 6) is -1.51. The first kappa shape index (κ1) is 22.5. The van der Waals surface area contributed by atoms with Crippen LogP contribution < -0.4 is 5.32 Å². The van der Waals surface area contributed by atoms with E-state index in [0.717, 1.165) is 12.8 Å². The first-order valence-electron chi connectivity index (χ1n) is 10.8. The van der Waals surface area contributed by atoms with Crippen LogP contribution in [-0.4, -0.2) is 60.6 Å². The second-order valence-corrected chi connectivity index (χ2v) is 10.3. The van der Waals surface area contributed by atoms with Gasteiger partial charge in [0.15, 0.2) is 0 Å². The number of aromatic amines is 1. The lowest BCUT2D eigenvalue weighted by Crippen LogP contribution is -2.43. The minimum absolute atomic E-state index is 0.0155. The summed E-state index contributed by atoms with van der Waals surface area (Å²) in [7, 11) is -3.86. The van der Waals surface area contributed by atoms with Crippen molar-refractivity contribution >= 4 is 27.5 Å². The highest BCUT2D eigenvalue weighted by Gasteiger charge is 2.34. The molecule has 2 fully saturated rings. The Labute approximate surface area is 186 Å². The summed E-state index contributed by atoms with van der Waals surface area (Å²) in [5.41, 5.74) is 1.07. The first-order valence-corrected chi connectivity index (χ1v) is 12.2. The van der Waals surface area contributed by atoms with Crippen LogP contribution in [0.15, 0.2) is 35.4 Å². The third kappa shape index (κ3) is 4.56. The number of amides is 2. The highest BCUT2D eigenvalue weighted by molar-refractivity contribution is 7.89. The van der Waals surface area contributed by atoms with Gasteiger partial charge in [-0.05, 0) is 56.4 Å². The highest BCUT2D eigenvalue weighted by atomic mass is 32.2. The Morgan fingerprint density at radius 3 is 2.59 bits per heavy atom. The van der Waals surface area contributed by atoms with Crippen molar-refractivity contribution in [3.63, 3.8) is 0 Å². The number of hydrogen-bond donors (Lipinski definition) is 2. The predicted octanol–water partition coefficient (Wildman–Crippen LogP) is 2.74. The van der Waals surface area contributed by atoms with Crippen LogP contribution in [0.2, 0.25) is 0 Å². The zero-order valence-corrected chi connectivity index (χ0v) is 18.8. The lowest BCUT2D eigenvalue weighted by Gasteiger charge is -2.31. The molecule has 2 aromatic rings. The molecule has 4 rings (SSSR count). The topological polar surface area (TPSA) is 103 Å². The van der Waals surface area contributed by atoms with Crippen LogP contribution in [0.25, 0.3) is 0 Å². The Kier molecular flexibility index (Phi) is 6.34. The van der Waals surface area contributed by atoms with Crippen molar-refractivity contribution in [3.05, 3.63) is 47.5 Å². The molecule has 2 aliphatic rings. The molecule has 10 heteroatoms. The van der Waals surface area contributed by atoms with Crippen LogP contribution in [0, 0.1) is 18.7 Å². The third-order valence-corrected chi connectivity index (χ3v) is 7.96. The van der Waals surface area contributed by atoms with Crippen molar-refractivity contribution in [2.45, 2.75) is 37.5 Å². The largest absolute Gasteiger partial charge is 0.356 e. The van der Waals surface area contributed by atoms with Crippen LogP contribution in [0.4, 0.5) is 10.1 Å². The molecule has 0 radical (unpaired) electrons. The first-order chi connectivity index (χ1) is 15.3. The number of piperidine rings is 1. The molecule has 8 nitrogen and oxygen atoms in total. The van der Waals surface area contributed by atoms with Crippen molar-refractivity contribution in [2.75, 3.05) is 31.5 Å². The summed E-state index contributed by atoms with van der Waals surface area (Å²) in [6, 6.07) is 5.82. The van der Waals surface area contributed by atoms with Crippen LogP contribution in [0.1, 0.15) is 41.7 Å². The zero-order chi connectivity index (χ0) is 22.9. The highest BCUT2D eigenvalue weighted by Crippen LogP contribution is 2.26. The van der Waals surface area contributed by atoms with Crippen molar-refractivity contribution in [1.82, 2.24) is 14.2 Å². The van der Waals surface area contributed by atoms with E-state index in [4.69, 9.17) is 0 Å². The predicted molar refractivity (Wildman–Crippen MR) is 117 cm³/mol. The van der Waals surface area contributed by atoms with E-state index in [2.05, 4.69) is 10.3 Å². The summed E-state index contributed by atoms with van der Waals surface area (Å²) >= 11 is 0. The number of sulfonamides is 1. The van der Waals surface area contributed by atoms with Crippen LogP contribution in [-0.2, 0) is 14.8 Å². The Balaban J connectivity index is 1.44. The van der Waals surface area contributed by atoms with Gasteiger partial charge in [-0.25, -0.2) is 12.8 Å². The van der Waals surface area contributed by atoms with Gasteiger partial charge in [0.25, 0.3) is 5.91 Å². The van der Waals surface area contributed by atoms with Gasteiger partial charge in [-0.3, -0.25) is 9.59 Å². The average Bonchev–Trinajstić information content (AvgIpc) is 3.49. The van der Waals surface area contributed by atoms with Crippen molar-refractivity contribution < 1.29 is 22.4 Å². The molecule has 32 heavy (non-hydrogen) atoms. The van der Waals surface area contributed by atoms with E-state index in [9.17, 15) is 22.4 Å². The number of nitrogens with zero attached hydrogens (tertiary/aromatic N) is 2. The van der Waals surface area contributed by atoms with Crippen LogP contribution in [0.5, 0.6) is 0 Å². The van der Waals surface area contributed by atoms with E-state index in [1.165, 1.54) is 22.6 Å². The van der Waals surface area contributed by atoms with E-state index in [1.54, 1.807) is 24.0 Å². The average molecular weight is 463 g/mol.